The smallest absolute Gasteiger partial charge is 0.230 e. The molecule has 0 saturated heterocycles. The first-order valence-corrected chi connectivity index (χ1v) is 7.03. The van der Waals surface area contributed by atoms with E-state index >= 15 is 0 Å². The second-order valence-electron chi connectivity index (χ2n) is 5.31. The van der Waals surface area contributed by atoms with Crippen LogP contribution >= 0.6 is 0 Å². The fraction of sp³-hybridized carbons (Fsp3) is 0.176. The van der Waals surface area contributed by atoms with Gasteiger partial charge in [0.1, 0.15) is 11.6 Å². The first-order valence-electron chi connectivity index (χ1n) is 7.03. The highest BCUT2D eigenvalue weighted by Gasteiger charge is 2.14. The van der Waals surface area contributed by atoms with Gasteiger partial charge >= 0.3 is 0 Å². The molecule has 0 radical (unpaired) electrons. The van der Waals surface area contributed by atoms with Gasteiger partial charge in [-0.3, -0.25) is 4.79 Å². The molecule has 0 fully saturated rings. The van der Waals surface area contributed by atoms with E-state index in [1.165, 1.54) is 12.1 Å². The molecule has 1 aromatic carbocycles. The van der Waals surface area contributed by atoms with Crippen molar-refractivity contribution in [3.05, 3.63) is 59.2 Å². The lowest BCUT2D eigenvalue weighted by molar-refractivity contribution is -0.115. The number of pyridine rings is 1. The number of hydrogen-bond acceptors (Lipinski definition) is 2. The van der Waals surface area contributed by atoms with E-state index in [0.717, 1.165) is 27.7 Å². The number of carbonyl (C=O) groups excluding carboxylic acids is 1. The second kappa shape index (κ2) is 5.60. The van der Waals surface area contributed by atoms with Gasteiger partial charge in [0.25, 0.3) is 0 Å². The molecule has 0 atom stereocenters. The summed E-state index contributed by atoms with van der Waals surface area (Å²) in [7, 11) is 0. The fourth-order valence-electron chi connectivity index (χ4n) is 2.54. The number of aromatic amines is 1. The summed E-state index contributed by atoms with van der Waals surface area (Å²) in [6.45, 7) is 3.77. The molecular formula is C17H16FN3O. The minimum atomic E-state index is -0.311. The van der Waals surface area contributed by atoms with Crippen molar-refractivity contribution in [3.8, 4) is 0 Å². The highest BCUT2D eigenvalue weighted by atomic mass is 19.1. The molecule has 5 heteroatoms. The van der Waals surface area contributed by atoms with Gasteiger partial charge in [0.2, 0.25) is 5.91 Å². The normalized spacial score (nSPS) is 10.9. The van der Waals surface area contributed by atoms with Crippen LogP contribution in [-0.2, 0) is 11.2 Å². The molecule has 0 spiro atoms. The van der Waals surface area contributed by atoms with Crippen LogP contribution in [0.3, 0.4) is 0 Å². The topological polar surface area (TPSA) is 57.8 Å². The van der Waals surface area contributed by atoms with Gasteiger partial charge in [-0.15, -0.1) is 0 Å². The summed E-state index contributed by atoms with van der Waals surface area (Å²) in [5, 5.41) is 3.54. The van der Waals surface area contributed by atoms with Crippen LogP contribution in [0, 0.1) is 19.7 Å². The van der Waals surface area contributed by atoms with Gasteiger partial charge in [-0.05, 0) is 49.2 Å². The Kier molecular flexibility index (Phi) is 3.63. The zero-order valence-electron chi connectivity index (χ0n) is 12.4. The van der Waals surface area contributed by atoms with Crippen molar-refractivity contribution in [1.29, 1.82) is 0 Å². The highest BCUT2D eigenvalue weighted by molar-refractivity contribution is 5.96. The van der Waals surface area contributed by atoms with E-state index < -0.39 is 0 Å². The van der Waals surface area contributed by atoms with E-state index in [1.807, 2.05) is 26.0 Å². The number of hydrogen-bond donors (Lipinski definition) is 2. The molecule has 0 bridgehead atoms. The lowest BCUT2D eigenvalue weighted by Gasteiger charge is -2.07. The van der Waals surface area contributed by atoms with E-state index in [1.54, 1.807) is 12.3 Å². The van der Waals surface area contributed by atoms with Crippen LogP contribution in [0.4, 0.5) is 10.2 Å². The monoisotopic (exact) mass is 297 g/mol. The summed E-state index contributed by atoms with van der Waals surface area (Å²) in [5.74, 6) is 0.0694. The zero-order chi connectivity index (χ0) is 15.7. The fourth-order valence-corrected chi connectivity index (χ4v) is 2.54. The number of amides is 1. The first kappa shape index (κ1) is 14.3. The number of rotatable bonds is 3. The molecule has 2 N–H and O–H groups in total. The third-order valence-corrected chi connectivity index (χ3v) is 3.69. The summed E-state index contributed by atoms with van der Waals surface area (Å²) in [4.78, 5) is 19.6. The Morgan fingerprint density at radius 3 is 2.91 bits per heavy atom. The van der Waals surface area contributed by atoms with Gasteiger partial charge in [-0.25, -0.2) is 9.37 Å². The Bertz CT molecular complexity index is 854. The van der Waals surface area contributed by atoms with E-state index in [2.05, 4.69) is 15.3 Å². The number of benzene rings is 1. The van der Waals surface area contributed by atoms with Crippen molar-refractivity contribution in [2.75, 3.05) is 5.32 Å². The molecular weight excluding hydrogens is 281 g/mol. The third-order valence-electron chi connectivity index (χ3n) is 3.69. The molecule has 112 valence electrons. The Hall–Kier alpha value is -2.69. The van der Waals surface area contributed by atoms with Crippen LogP contribution in [0.15, 0.2) is 36.5 Å². The molecule has 1 amide bonds. The number of halogens is 1. The minimum Gasteiger partial charge on any atom is -0.358 e. The van der Waals surface area contributed by atoms with E-state index in [9.17, 15) is 9.18 Å². The Labute approximate surface area is 127 Å². The third kappa shape index (κ3) is 2.70. The molecule has 2 aromatic heterocycles. The average Bonchev–Trinajstić information content (AvgIpc) is 2.77. The average molecular weight is 297 g/mol. The van der Waals surface area contributed by atoms with Crippen LogP contribution in [0.25, 0.3) is 10.9 Å². The Balaban J connectivity index is 1.87. The van der Waals surface area contributed by atoms with Crippen LogP contribution in [-0.4, -0.2) is 15.9 Å². The lowest BCUT2D eigenvalue weighted by Crippen LogP contribution is -2.16. The van der Waals surface area contributed by atoms with Crippen molar-refractivity contribution >= 4 is 22.6 Å². The summed E-state index contributed by atoms with van der Waals surface area (Å²) in [6, 6.07) is 8.24. The summed E-state index contributed by atoms with van der Waals surface area (Å²) in [6.07, 6.45) is 1.81. The lowest BCUT2D eigenvalue weighted by atomic mass is 10.1. The van der Waals surface area contributed by atoms with Crippen LogP contribution in [0.2, 0.25) is 0 Å². The Morgan fingerprint density at radius 2 is 2.14 bits per heavy atom. The second-order valence-corrected chi connectivity index (χ2v) is 5.31. The highest BCUT2D eigenvalue weighted by Crippen LogP contribution is 2.24. The van der Waals surface area contributed by atoms with E-state index in [-0.39, 0.29) is 18.1 Å². The molecule has 3 rings (SSSR count). The summed E-state index contributed by atoms with van der Waals surface area (Å²) in [5.41, 5.74) is 3.40. The number of nitrogens with zero attached hydrogens (tertiary/aromatic N) is 1. The Morgan fingerprint density at radius 1 is 1.32 bits per heavy atom. The van der Waals surface area contributed by atoms with Crippen LogP contribution < -0.4 is 5.32 Å². The molecule has 3 aromatic rings. The minimum absolute atomic E-state index is 0.171. The summed E-state index contributed by atoms with van der Waals surface area (Å²) < 4.78 is 13.4. The zero-order valence-corrected chi connectivity index (χ0v) is 12.4. The van der Waals surface area contributed by atoms with Gasteiger partial charge < -0.3 is 10.3 Å². The molecule has 22 heavy (non-hydrogen) atoms. The van der Waals surface area contributed by atoms with Gasteiger partial charge in [-0.1, -0.05) is 6.07 Å². The molecule has 0 aliphatic carbocycles. The van der Waals surface area contributed by atoms with Crippen LogP contribution in [0.5, 0.6) is 0 Å². The number of fused-ring (bicyclic) bond motifs is 1. The predicted molar refractivity (Wildman–Crippen MR) is 84.3 cm³/mol. The number of anilines is 1. The molecule has 0 saturated carbocycles. The molecule has 0 aliphatic heterocycles. The maximum Gasteiger partial charge on any atom is 0.230 e. The van der Waals surface area contributed by atoms with Crippen LogP contribution in [0.1, 0.15) is 16.8 Å². The van der Waals surface area contributed by atoms with E-state index in [4.69, 9.17) is 0 Å². The van der Waals surface area contributed by atoms with Gasteiger partial charge in [0, 0.05) is 22.8 Å². The molecule has 2 heterocycles. The SMILES string of the molecule is Cc1cccnc1NC(=O)Cc1c(C)[nH]c2ccc(F)cc12. The van der Waals surface area contributed by atoms with Gasteiger partial charge in [0.05, 0.1) is 6.42 Å². The van der Waals surface area contributed by atoms with Crippen molar-refractivity contribution in [2.45, 2.75) is 20.3 Å². The van der Waals surface area contributed by atoms with Crippen molar-refractivity contribution in [3.63, 3.8) is 0 Å². The van der Waals surface area contributed by atoms with Gasteiger partial charge in [-0.2, -0.15) is 0 Å². The number of aryl methyl sites for hydroxylation is 2. The maximum atomic E-state index is 13.4. The molecule has 0 unspecified atom stereocenters. The molecule has 4 nitrogen and oxygen atoms in total. The van der Waals surface area contributed by atoms with E-state index in [0.29, 0.717) is 5.82 Å². The quantitative estimate of drug-likeness (QED) is 0.777. The number of aromatic nitrogens is 2. The maximum absolute atomic E-state index is 13.4. The van der Waals surface area contributed by atoms with Crippen molar-refractivity contribution < 1.29 is 9.18 Å². The van der Waals surface area contributed by atoms with Gasteiger partial charge in [0.15, 0.2) is 0 Å². The van der Waals surface area contributed by atoms with Crippen molar-refractivity contribution in [2.24, 2.45) is 0 Å². The number of nitrogens with one attached hydrogen (secondary N) is 2. The number of carbonyl (C=O) groups is 1. The van der Waals surface area contributed by atoms with Crippen molar-refractivity contribution in [1.82, 2.24) is 9.97 Å². The predicted octanol–water partition coefficient (Wildman–Crippen LogP) is 3.50. The first-order chi connectivity index (χ1) is 10.5. The largest absolute Gasteiger partial charge is 0.358 e. The number of H-pyrrole nitrogens is 1. The summed E-state index contributed by atoms with van der Waals surface area (Å²) >= 11 is 0. The molecule has 0 aliphatic rings. The standard InChI is InChI=1S/C17H16FN3O/c1-10-4-3-7-19-17(10)21-16(22)9-13-11(2)20-15-6-5-12(18)8-14(13)15/h3-8,20H,9H2,1-2H3,(H,19,21,22).